The molecule has 0 radical (unpaired) electrons. The number of nitrogens with one attached hydrogen (secondary N) is 1. The predicted octanol–water partition coefficient (Wildman–Crippen LogP) is 3.53. The monoisotopic (exact) mass is 471 g/mol. The van der Waals surface area contributed by atoms with Gasteiger partial charge in [-0.05, 0) is 19.9 Å². The van der Waals surface area contributed by atoms with Gasteiger partial charge in [-0.3, -0.25) is 14.9 Å². The molecule has 33 heavy (non-hydrogen) atoms. The van der Waals surface area contributed by atoms with E-state index < -0.39 is 41.8 Å². The molecule has 0 spiro atoms. The molecule has 1 aliphatic rings. The second-order valence-corrected chi connectivity index (χ2v) is 7.23. The van der Waals surface area contributed by atoms with Crippen LogP contribution < -0.4 is 14.8 Å². The number of anilines is 1. The Morgan fingerprint density at radius 3 is 2.42 bits per heavy atom. The molecule has 2 aromatic rings. The highest BCUT2D eigenvalue weighted by atomic mass is 19.4. The van der Waals surface area contributed by atoms with Gasteiger partial charge in [0.15, 0.2) is 18.1 Å². The zero-order valence-electron chi connectivity index (χ0n) is 17.7. The van der Waals surface area contributed by atoms with Crippen LogP contribution >= 0.6 is 0 Å². The number of carbonyl (C=O) groups excluding carboxylic acids is 2. The molecule has 1 amide bonds. The van der Waals surface area contributed by atoms with Crippen LogP contribution in [0.2, 0.25) is 0 Å². The molecule has 0 fully saturated rings. The maximum atomic E-state index is 12.7. The number of carbonyl (C=O) groups is 2. The number of nitro benzene ring substituents is 1. The third kappa shape index (κ3) is 5.73. The highest BCUT2D eigenvalue weighted by Gasteiger charge is 2.31. The minimum atomic E-state index is -4.48. The predicted molar refractivity (Wildman–Crippen MR) is 108 cm³/mol. The molecule has 0 saturated heterocycles. The van der Waals surface area contributed by atoms with E-state index in [1.165, 1.54) is 26.0 Å². The molecule has 0 unspecified atom stereocenters. The maximum absolute atomic E-state index is 12.7. The van der Waals surface area contributed by atoms with Gasteiger partial charge >= 0.3 is 12.1 Å². The van der Waals surface area contributed by atoms with E-state index in [0.29, 0.717) is 19.6 Å². The van der Waals surface area contributed by atoms with E-state index in [1.54, 1.807) is 0 Å². The summed E-state index contributed by atoms with van der Waals surface area (Å²) in [6.45, 7) is 1.29. The lowest BCUT2D eigenvalue weighted by atomic mass is 10.2. The summed E-state index contributed by atoms with van der Waals surface area (Å²) >= 11 is 0. The van der Waals surface area contributed by atoms with Crippen molar-refractivity contribution < 1.29 is 41.9 Å². The van der Waals surface area contributed by atoms with Gasteiger partial charge in [-0.1, -0.05) is 0 Å². The molecule has 0 aliphatic carbocycles. The number of benzene rings is 1. The van der Waals surface area contributed by atoms with Gasteiger partial charge in [0.1, 0.15) is 12.2 Å². The van der Waals surface area contributed by atoms with Crippen molar-refractivity contribution in [3.63, 3.8) is 0 Å². The number of nitrogens with zero attached hydrogens (tertiary/aromatic N) is 2. The molecule has 1 aromatic carbocycles. The molecule has 1 aliphatic heterocycles. The highest BCUT2D eigenvalue weighted by molar-refractivity contribution is 5.97. The number of amides is 1. The molecule has 0 saturated carbocycles. The first-order valence-electron chi connectivity index (χ1n) is 9.74. The average Bonchev–Trinajstić information content (AvgIpc) is 2.89. The van der Waals surface area contributed by atoms with Gasteiger partial charge in [0.2, 0.25) is 0 Å². The Bertz CT molecular complexity index is 1100. The van der Waals surface area contributed by atoms with Crippen molar-refractivity contribution >= 4 is 23.3 Å². The van der Waals surface area contributed by atoms with Crippen molar-refractivity contribution in [1.29, 1.82) is 0 Å². The molecule has 10 nitrogen and oxygen atoms in total. The van der Waals surface area contributed by atoms with Crippen LogP contribution in [0.25, 0.3) is 0 Å². The molecule has 13 heteroatoms. The van der Waals surface area contributed by atoms with Crippen LogP contribution in [0.15, 0.2) is 18.2 Å². The number of nitro groups is 1. The number of aryl methyl sites for hydroxylation is 1. The molecule has 3 rings (SSSR count). The SMILES string of the molecule is Cc1cc(C(=O)OCC(=O)Nc2cc3c(cc2[N+](=O)[O-])OCCCO3)c(C)n1CC(F)(F)F. The second kappa shape index (κ2) is 9.38. The van der Waals surface area contributed by atoms with Gasteiger partial charge in [0.05, 0.1) is 29.8 Å². The van der Waals surface area contributed by atoms with E-state index in [9.17, 15) is 32.9 Å². The molecular formula is C20H20F3N3O7. The number of aromatic nitrogens is 1. The van der Waals surface area contributed by atoms with E-state index in [1.807, 2.05) is 0 Å². The summed E-state index contributed by atoms with van der Waals surface area (Å²) in [6, 6.07) is 3.59. The fraction of sp³-hybridized carbons (Fsp3) is 0.400. The van der Waals surface area contributed by atoms with E-state index in [2.05, 4.69) is 5.32 Å². The first kappa shape index (κ1) is 23.9. The lowest BCUT2D eigenvalue weighted by molar-refractivity contribution is -0.384. The molecule has 178 valence electrons. The topological polar surface area (TPSA) is 122 Å². The number of alkyl halides is 3. The average molecular weight is 471 g/mol. The number of esters is 1. The molecule has 1 aromatic heterocycles. The third-order valence-corrected chi connectivity index (χ3v) is 4.80. The van der Waals surface area contributed by atoms with E-state index in [0.717, 1.165) is 10.6 Å². The van der Waals surface area contributed by atoms with Crippen molar-refractivity contribution in [1.82, 2.24) is 4.57 Å². The van der Waals surface area contributed by atoms with Crippen LogP contribution in [0.5, 0.6) is 11.5 Å². The van der Waals surface area contributed by atoms with Gasteiger partial charge < -0.3 is 24.1 Å². The smallest absolute Gasteiger partial charge is 0.406 e. The summed E-state index contributed by atoms with van der Waals surface area (Å²) in [5.41, 5.74) is -0.521. The lowest BCUT2D eigenvalue weighted by Gasteiger charge is -2.12. The quantitative estimate of drug-likeness (QED) is 0.389. The fourth-order valence-electron chi connectivity index (χ4n) is 3.27. The van der Waals surface area contributed by atoms with Gasteiger partial charge in [-0.2, -0.15) is 13.2 Å². The van der Waals surface area contributed by atoms with Gasteiger partial charge in [-0.25, -0.2) is 4.79 Å². The van der Waals surface area contributed by atoms with E-state index >= 15 is 0 Å². The van der Waals surface area contributed by atoms with Gasteiger partial charge in [0.25, 0.3) is 11.6 Å². The van der Waals surface area contributed by atoms with Crippen molar-refractivity contribution in [3.8, 4) is 11.5 Å². The summed E-state index contributed by atoms with van der Waals surface area (Å²) in [4.78, 5) is 35.3. The second-order valence-electron chi connectivity index (χ2n) is 7.23. The first-order valence-corrected chi connectivity index (χ1v) is 9.74. The van der Waals surface area contributed by atoms with Crippen LogP contribution in [-0.2, 0) is 16.1 Å². The molecule has 0 bridgehead atoms. The maximum Gasteiger partial charge on any atom is 0.406 e. The molecule has 0 atom stereocenters. The minimum absolute atomic E-state index is 0.0359. The third-order valence-electron chi connectivity index (χ3n) is 4.80. The fourth-order valence-corrected chi connectivity index (χ4v) is 3.27. The zero-order valence-corrected chi connectivity index (χ0v) is 17.7. The Kier molecular flexibility index (Phi) is 6.79. The molecular weight excluding hydrogens is 451 g/mol. The number of ether oxygens (including phenoxy) is 3. The van der Waals surface area contributed by atoms with E-state index in [-0.39, 0.29) is 34.1 Å². The minimum Gasteiger partial charge on any atom is -0.489 e. The van der Waals surface area contributed by atoms with Crippen LogP contribution in [0.3, 0.4) is 0 Å². The highest BCUT2D eigenvalue weighted by Crippen LogP contribution is 2.39. The number of halogens is 3. The first-order chi connectivity index (χ1) is 15.5. The van der Waals surface area contributed by atoms with Crippen LogP contribution in [0.1, 0.15) is 28.2 Å². The van der Waals surface area contributed by atoms with Crippen LogP contribution in [0, 0.1) is 24.0 Å². The van der Waals surface area contributed by atoms with Crippen LogP contribution in [-0.4, -0.2) is 47.4 Å². The summed E-state index contributed by atoms with van der Waals surface area (Å²) in [5.74, 6) is -1.51. The summed E-state index contributed by atoms with van der Waals surface area (Å²) in [5, 5.41) is 13.7. The standard InChI is InChI=1S/C20H20F3N3O7/c1-11-6-13(12(2)25(11)10-20(21,22)23)19(28)33-9-18(27)24-14-7-16-17(8-15(14)26(29)30)32-5-3-4-31-16/h6-8H,3-5,9-10H2,1-2H3,(H,24,27). The van der Waals surface area contributed by atoms with Crippen molar-refractivity contribution in [3.05, 3.63) is 45.3 Å². The van der Waals surface area contributed by atoms with Gasteiger partial charge in [-0.15, -0.1) is 0 Å². The molecule has 1 N–H and O–H groups in total. The van der Waals surface area contributed by atoms with Gasteiger partial charge in [0, 0.05) is 23.9 Å². The Hall–Kier alpha value is -3.77. The summed E-state index contributed by atoms with van der Waals surface area (Å²) in [7, 11) is 0. The Morgan fingerprint density at radius 2 is 1.82 bits per heavy atom. The van der Waals surface area contributed by atoms with Crippen molar-refractivity contribution in [2.75, 3.05) is 25.1 Å². The number of rotatable bonds is 6. The molecule has 2 heterocycles. The largest absolute Gasteiger partial charge is 0.489 e. The number of hydrogen-bond donors (Lipinski definition) is 1. The summed E-state index contributed by atoms with van der Waals surface area (Å²) in [6.07, 6.45) is -3.91. The normalized spacial score (nSPS) is 13.2. The summed E-state index contributed by atoms with van der Waals surface area (Å²) < 4.78 is 54.9. The lowest BCUT2D eigenvalue weighted by Crippen LogP contribution is -2.22. The van der Waals surface area contributed by atoms with E-state index in [4.69, 9.17) is 14.2 Å². The zero-order chi connectivity index (χ0) is 24.3. The van der Waals surface area contributed by atoms with Crippen molar-refractivity contribution in [2.45, 2.75) is 33.0 Å². The Morgan fingerprint density at radius 1 is 1.18 bits per heavy atom. The Labute approximate surface area is 185 Å². The Balaban J connectivity index is 1.70. The van der Waals surface area contributed by atoms with Crippen LogP contribution in [0.4, 0.5) is 24.5 Å². The van der Waals surface area contributed by atoms with Crippen molar-refractivity contribution in [2.24, 2.45) is 0 Å². The number of hydrogen-bond acceptors (Lipinski definition) is 7. The number of fused-ring (bicyclic) bond motifs is 1.